The number of hydrogen-bond acceptors (Lipinski definition) is 6. The summed E-state index contributed by atoms with van der Waals surface area (Å²) >= 11 is 0. The molecule has 30 heavy (non-hydrogen) atoms. The third-order valence-corrected chi connectivity index (χ3v) is 4.94. The van der Waals surface area contributed by atoms with Gasteiger partial charge in [0.15, 0.2) is 11.5 Å². The Bertz CT molecular complexity index is 994. The number of aromatic nitrogens is 3. The maximum absolute atomic E-state index is 12.6. The molecule has 1 aliphatic rings. The Balaban J connectivity index is 0.00000256. The van der Waals surface area contributed by atoms with Gasteiger partial charge in [-0.1, -0.05) is 5.21 Å². The molecule has 3 heterocycles. The van der Waals surface area contributed by atoms with E-state index in [1.54, 1.807) is 36.4 Å². The number of piperidine rings is 1. The van der Waals surface area contributed by atoms with E-state index in [1.165, 1.54) is 6.26 Å². The number of anilines is 2. The van der Waals surface area contributed by atoms with Gasteiger partial charge in [-0.3, -0.25) is 9.59 Å². The molecule has 1 aromatic carbocycles. The van der Waals surface area contributed by atoms with Gasteiger partial charge in [-0.05, 0) is 69.3 Å². The molecule has 0 aliphatic carbocycles. The average molecular weight is 431 g/mol. The summed E-state index contributed by atoms with van der Waals surface area (Å²) in [7, 11) is 0. The molecule has 0 atom stereocenters. The van der Waals surface area contributed by atoms with Crippen LogP contribution in [0.3, 0.4) is 0 Å². The predicted molar refractivity (Wildman–Crippen MR) is 114 cm³/mol. The molecule has 0 unspecified atom stereocenters. The van der Waals surface area contributed by atoms with Crippen molar-refractivity contribution in [2.24, 2.45) is 0 Å². The minimum Gasteiger partial charge on any atom is -0.459 e. The average Bonchev–Trinajstić information content (AvgIpc) is 3.40. The van der Waals surface area contributed by atoms with Gasteiger partial charge in [0, 0.05) is 11.4 Å². The van der Waals surface area contributed by atoms with Gasteiger partial charge in [-0.15, -0.1) is 17.5 Å². The summed E-state index contributed by atoms with van der Waals surface area (Å²) in [5.74, 6) is -0.415. The number of hydrogen-bond donors (Lipinski definition) is 3. The van der Waals surface area contributed by atoms with Gasteiger partial charge in [-0.25, -0.2) is 4.68 Å². The van der Waals surface area contributed by atoms with E-state index in [9.17, 15) is 9.59 Å². The van der Waals surface area contributed by atoms with Gasteiger partial charge in [0.2, 0.25) is 0 Å². The van der Waals surface area contributed by atoms with Gasteiger partial charge in [0.1, 0.15) is 0 Å². The van der Waals surface area contributed by atoms with Crippen LogP contribution in [0.15, 0.2) is 47.1 Å². The van der Waals surface area contributed by atoms with Crippen molar-refractivity contribution in [2.75, 3.05) is 23.7 Å². The molecule has 0 radical (unpaired) electrons. The lowest BCUT2D eigenvalue weighted by Gasteiger charge is -2.23. The number of halogens is 1. The molecule has 1 fully saturated rings. The highest BCUT2D eigenvalue weighted by Gasteiger charge is 2.23. The number of benzene rings is 1. The zero-order chi connectivity index (χ0) is 20.2. The van der Waals surface area contributed by atoms with Crippen LogP contribution in [0.1, 0.15) is 45.6 Å². The molecule has 0 bridgehead atoms. The van der Waals surface area contributed by atoms with Gasteiger partial charge in [0.05, 0.1) is 18.0 Å². The van der Waals surface area contributed by atoms with Crippen LogP contribution in [0, 0.1) is 6.92 Å². The fourth-order valence-electron chi connectivity index (χ4n) is 3.38. The number of rotatable bonds is 5. The number of carbonyl (C=O) groups excluding carboxylic acids is 2. The third-order valence-electron chi connectivity index (χ3n) is 4.94. The quantitative estimate of drug-likeness (QED) is 0.573. The molecular weight excluding hydrogens is 408 g/mol. The molecule has 2 amide bonds. The summed E-state index contributed by atoms with van der Waals surface area (Å²) in [4.78, 5) is 24.6. The van der Waals surface area contributed by atoms with E-state index in [0.29, 0.717) is 17.1 Å². The molecule has 0 saturated carbocycles. The lowest BCUT2D eigenvalue weighted by Crippen LogP contribution is -2.30. The van der Waals surface area contributed by atoms with Crippen LogP contribution in [0.5, 0.6) is 0 Å². The minimum absolute atomic E-state index is 0. The van der Waals surface area contributed by atoms with Crippen molar-refractivity contribution < 1.29 is 14.0 Å². The Labute approximate surface area is 179 Å². The smallest absolute Gasteiger partial charge is 0.291 e. The van der Waals surface area contributed by atoms with Crippen LogP contribution in [0.4, 0.5) is 11.4 Å². The molecule has 10 heteroatoms. The first-order valence-corrected chi connectivity index (χ1v) is 9.50. The van der Waals surface area contributed by atoms with Gasteiger partial charge in [0.25, 0.3) is 11.8 Å². The van der Waals surface area contributed by atoms with Crippen molar-refractivity contribution in [2.45, 2.75) is 25.8 Å². The summed E-state index contributed by atoms with van der Waals surface area (Å²) in [6.07, 6.45) is 3.38. The van der Waals surface area contributed by atoms with E-state index in [1.807, 2.05) is 11.6 Å². The van der Waals surface area contributed by atoms with E-state index in [4.69, 9.17) is 4.42 Å². The Morgan fingerprint density at radius 3 is 2.30 bits per heavy atom. The normalized spacial score (nSPS) is 14.0. The van der Waals surface area contributed by atoms with E-state index in [-0.39, 0.29) is 36.0 Å². The highest BCUT2D eigenvalue weighted by atomic mass is 35.5. The third kappa shape index (κ3) is 4.69. The molecule has 9 nitrogen and oxygen atoms in total. The van der Waals surface area contributed by atoms with Crippen LogP contribution < -0.4 is 16.0 Å². The van der Waals surface area contributed by atoms with E-state index in [0.717, 1.165) is 31.6 Å². The first kappa shape index (κ1) is 21.5. The second-order valence-corrected chi connectivity index (χ2v) is 6.91. The Morgan fingerprint density at radius 1 is 1.07 bits per heavy atom. The summed E-state index contributed by atoms with van der Waals surface area (Å²) < 4.78 is 6.91. The van der Waals surface area contributed by atoms with E-state index in [2.05, 4.69) is 26.3 Å². The van der Waals surface area contributed by atoms with Gasteiger partial charge in [-0.2, -0.15) is 0 Å². The van der Waals surface area contributed by atoms with Crippen LogP contribution in [-0.2, 0) is 0 Å². The van der Waals surface area contributed by atoms with Gasteiger partial charge >= 0.3 is 0 Å². The van der Waals surface area contributed by atoms with Crippen LogP contribution in [0.25, 0.3) is 0 Å². The molecule has 2 aromatic heterocycles. The molecule has 3 N–H and O–H groups in total. The fourth-order valence-corrected chi connectivity index (χ4v) is 3.38. The van der Waals surface area contributed by atoms with Crippen molar-refractivity contribution >= 4 is 35.6 Å². The highest BCUT2D eigenvalue weighted by molar-refractivity contribution is 6.04. The maximum Gasteiger partial charge on any atom is 0.291 e. The number of amides is 2. The van der Waals surface area contributed by atoms with Crippen molar-refractivity contribution in [1.82, 2.24) is 20.3 Å². The van der Waals surface area contributed by atoms with Crippen molar-refractivity contribution in [1.29, 1.82) is 0 Å². The number of carbonyl (C=O) groups is 2. The summed E-state index contributed by atoms with van der Waals surface area (Å²) in [5.41, 5.74) is 2.27. The Kier molecular flexibility index (Phi) is 6.86. The second kappa shape index (κ2) is 9.55. The van der Waals surface area contributed by atoms with Crippen LogP contribution >= 0.6 is 12.4 Å². The number of furan rings is 1. The van der Waals surface area contributed by atoms with Crippen LogP contribution in [-0.4, -0.2) is 39.9 Å². The molecular formula is C20H23ClN6O3. The molecule has 3 aromatic rings. The van der Waals surface area contributed by atoms with E-state index < -0.39 is 0 Å². The van der Waals surface area contributed by atoms with Crippen LogP contribution in [0.2, 0.25) is 0 Å². The summed E-state index contributed by atoms with van der Waals surface area (Å²) in [6, 6.07) is 10.3. The lowest BCUT2D eigenvalue weighted by atomic mass is 10.1. The predicted octanol–water partition coefficient (Wildman–Crippen LogP) is 3.03. The first-order chi connectivity index (χ1) is 14.1. The van der Waals surface area contributed by atoms with Crippen molar-refractivity contribution in [3.63, 3.8) is 0 Å². The molecule has 4 rings (SSSR count). The second-order valence-electron chi connectivity index (χ2n) is 6.91. The highest BCUT2D eigenvalue weighted by Crippen LogP contribution is 2.21. The standard InChI is InChI=1S/C20H22N6O3.ClH/c1-13-18(24-25-26(13)16-8-10-21-11-9-16)20(28)23-15-6-4-14(5-7-15)22-19(27)17-3-2-12-29-17;/h2-7,12,16,21H,8-11H2,1H3,(H,22,27)(H,23,28);1H. The molecule has 0 spiro atoms. The number of nitrogens with zero attached hydrogens (tertiary/aromatic N) is 3. The topological polar surface area (TPSA) is 114 Å². The van der Waals surface area contributed by atoms with Crippen molar-refractivity contribution in [3.05, 3.63) is 59.8 Å². The van der Waals surface area contributed by atoms with E-state index >= 15 is 0 Å². The SMILES string of the molecule is Cc1c(C(=O)Nc2ccc(NC(=O)c3ccco3)cc2)nnn1C1CCNCC1.Cl. The lowest BCUT2D eigenvalue weighted by molar-refractivity contribution is 0.0994. The molecule has 1 aliphatic heterocycles. The first-order valence-electron chi connectivity index (χ1n) is 9.50. The molecule has 158 valence electrons. The van der Waals surface area contributed by atoms with Crippen molar-refractivity contribution in [3.8, 4) is 0 Å². The Morgan fingerprint density at radius 2 is 1.70 bits per heavy atom. The fraction of sp³-hybridized carbons (Fsp3) is 0.300. The minimum atomic E-state index is -0.336. The monoisotopic (exact) mass is 430 g/mol. The number of nitrogens with one attached hydrogen (secondary N) is 3. The Hall–Kier alpha value is -3.17. The summed E-state index contributed by atoms with van der Waals surface area (Å²) in [6.45, 7) is 3.74. The van der Waals surface area contributed by atoms with Gasteiger partial charge < -0.3 is 20.4 Å². The largest absolute Gasteiger partial charge is 0.459 e. The molecule has 1 saturated heterocycles. The zero-order valence-corrected chi connectivity index (χ0v) is 17.2. The maximum atomic E-state index is 12.6. The zero-order valence-electron chi connectivity index (χ0n) is 16.4. The summed E-state index contributed by atoms with van der Waals surface area (Å²) in [5, 5.41) is 17.2.